The lowest BCUT2D eigenvalue weighted by atomic mass is 10.3. The Hall–Kier alpha value is -1.96. The molecule has 0 saturated carbocycles. The zero-order chi connectivity index (χ0) is 13.1. The maximum atomic E-state index is 10.5. The predicted molar refractivity (Wildman–Crippen MR) is 67.2 cm³/mol. The smallest absolute Gasteiger partial charge is 0.288 e. The van der Waals surface area contributed by atoms with E-state index in [2.05, 4.69) is 31.4 Å². The summed E-state index contributed by atoms with van der Waals surface area (Å²) in [5, 5.41) is 17.4. The summed E-state index contributed by atoms with van der Waals surface area (Å²) >= 11 is 3.22. The number of nitrogens with one attached hydrogen (secondary N) is 1. The number of anilines is 1. The Morgan fingerprint density at radius 3 is 2.89 bits per heavy atom. The zero-order valence-electron chi connectivity index (χ0n) is 9.38. The monoisotopic (exact) mass is 312 g/mol. The van der Waals surface area contributed by atoms with E-state index in [1.165, 1.54) is 12.3 Å². The van der Waals surface area contributed by atoms with Crippen LogP contribution in [0.5, 0.6) is 0 Å². The minimum Gasteiger partial charge on any atom is -0.363 e. The summed E-state index contributed by atoms with van der Waals surface area (Å²) in [4.78, 5) is 14.0. The van der Waals surface area contributed by atoms with Crippen molar-refractivity contribution in [3.63, 3.8) is 0 Å². The molecule has 2 rings (SSSR count). The third kappa shape index (κ3) is 2.83. The number of aromatic nitrogens is 2. The maximum Gasteiger partial charge on any atom is 0.288 e. The molecule has 18 heavy (non-hydrogen) atoms. The van der Waals surface area contributed by atoms with E-state index in [0.717, 1.165) is 11.5 Å². The van der Waals surface area contributed by atoms with Crippen molar-refractivity contribution in [2.24, 2.45) is 0 Å². The lowest BCUT2D eigenvalue weighted by Crippen LogP contribution is -2.02. The molecule has 0 aliphatic heterocycles. The Kier molecular flexibility index (Phi) is 3.56. The van der Waals surface area contributed by atoms with Crippen molar-refractivity contribution in [3.8, 4) is 0 Å². The summed E-state index contributed by atoms with van der Waals surface area (Å²) in [6, 6.07) is 3.19. The lowest BCUT2D eigenvalue weighted by molar-refractivity contribution is -0.385. The van der Waals surface area contributed by atoms with E-state index in [1.54, 1.807) is 13.0 Å². The van der Waals surface area contributed by atoms with Gasteiger partial charge in [0.2, 0.25) is 0 Å². The van der Waals surface area contributed by atoms with Gasteiger partial charge in [0.15, 0.2) is 0 Å². The molecule has 0 radical (unpaired) electrons. The van der Waals surface area contributed by atoms with Gasteiger partial charge < -0.3 is 9.84 Å². The first kappa shape index (κ1) is 12.5. The molecule has 0 amide bonds. The molecule has 0 bridgehead atoms. The van der Waals surface area contributed by atoms with Gasteiger partial charge in [0.05, 0.1) is 15.9 Å². The SMILES string of the molecule is Cc1cc(CNc2ncc([N+](=O)[O-])cc2Br)no1. The third-order valence-corrected chi connectivity index (χ3v) is 2.76. The van der Waals surface area contributed by atoms with Gasteiger partial charge in [0, 0.05) is 12.1 Å². The quantitative estimate of drug-likeness (QED) is 0.689. The highest BCUT2D eigenvalue weighted by molar-refractivity contribution is 9.10. The number of pyridine rings is 1. The second-order valence-electron chi connectivity index (χ2n) is 3.56. The highest BCUT2D eigenvalue weighted by atomic mass is 79.9. The van der Waals surface area contributed by atoms with Crippen molar-refractivity contribution in [2.75, 3.05) is 5.32 Å². The van der Waals surface area contributed by atoms with Crippen molar-refractivity contribution in [3.05, 3.63) is 44.4 Å². The van der Waals surface area contributed by atoms with Gasteiger partial charge in [-0.1, -0.05) is 5.16 Å². The molecule has 0 aliphatic carbocycles. The fourth-order valence-corrected chi connectivity index (χ4v) is 1.81. The molecule has 2 aromatic heterocycles. The van der Waals surface area contributed by atoms with Gasteiger partial charge in [-0.05, 0) is 22.9 Å². The van der Waals surface area contributed by atoms with Crippen LogP contribution in [0.15, 0.2) is 27.3 Å². The molecule has 0 atom stereocenters. The number of halogens is 1. The third-order valence-electron chi connectivity index (χ3n) is 2.15. The predicted octanol–water partition coefficient (Wildman–Crippen LogP) is 2.66. The molecule has 0 fully saturated rings. The van der Waals surface area contributed by atoms with Gasteiger partial charge >= 0.3 is 0 Å². The van der Waals surface area contributed by atoms with Crippen molar-refractivity contribution >= 4 is 27.4 Å². The van der Waals surface area contributed by atoms with E-state index < -0.39 is 4.92 Å². The van der Waals surface area contributed by atoms with Crippen LogP contribution in [0.2, 0.25) is 0 Å². The van der Waals surface area contributed by atoms with E-state index in [-0.39, 0.29) is 5.69 Å². The molecule has 94 valence electrons. The van der Waals surface area contributed by atoms with E-state index in [1.807, 2.05) is 0 Å². The molecular weight excluding hydrogens is 304 g/mol. The van der Waals surface area contributed by atoms with Crippen molar-refractivity contribution in [1.82, 2.24) is 10.1 Å². The molecule has 8 heteroatoms. The Morgan fingerprint density at radius 2 is 2.33 bits per heavy atom. The minimum absolute atomic E-state index is 0.0651. The highest BCUT2D eigenvalue weighted by Gasteiger charge is 2.10. The first-order valence-electron chi connectivity index (χ1n) is 5.02. The summed E-state index contributed by atoms with van der Waals surface area (Å²) in [6.45, 7) is 2.23. The average molecular weight is 313 g/mol. The van der Waals surface area contributed by atoms with Crippen LogP contribution >= 0.6 is 15.9 Å². The first-order chi connectivity index (χ1) is 8.56. The van der Waals surface area contributed by atoms with Crippen molar-refractivity contribution in [1.29, 1.82) is 0 Å². The number of nitrogens with zero attached hydrogens (tertiary/aromatic N) is 3. The Morgan fingerprint density at radius 1 is 1.56 bits per heavy atom. The van der Waals surface area contributed by atoms with E-state index in [4.69, 9.17) is 4.52 Å². The number of aryl methyl sites for hydroxylation is 1. The highest BCUT2D eigenvalue weighted by Crippen LogP contribution is 2.24. The van der Waals surface area contributed by atoms with Crippen LogP contribution in [-0.2, 0) is 6.54 Å². The van der Waals surface area contributed by atoms with E-state index >= 15 is 0 Å². The summed E-state index contributed by atoms with van der Waals surface area (Å²) in [7, 11) is 0. The molecule has 2 aromatic rings. The van der Waals surface area contributed by atoms with Gasteiger partial charge in [0.25, 0.3) is 5.69 Å². The normalized spacial score (nSPS) is 10.3. The van der Waals surface area contributed by atoms with Crippen LogP contribution in [0.3, 0.4) is 0 Å². The standard InChI is InChI=1S/C10H9BrN4O3/c1-6-2-7(14-18-6)4-12-10-9(11)3-8(5-13-10)15(16)17/h2-3,5H,4H2,1H3,(H,12,13). The molecule has 0 unspecified atom stereocenters. The molecular formula is C10H9BrN4O3. The van der Waals surface area contributed by atoms with Gasteiger partial charge in [-0.2, -0.15) is 0 Å². The number of rotatable bonds is 4. The Balaban J connectivity index is 2.08. The lowest BCUT2D eigenvalue weighted by Gasteiger charge is -2.04. The molecule has 0 spiro atoms. The topological polar surface area (TPSA) is 94.1 Å². The summed E-state index contributed by atoms with van der Waals surface area (Å²) in [6.07, 6.45) is 1.20. The largest absolute Gasteiger partial charge is 0.363 e. The molecule has 2 heterocycles. The zero-order valence-corrected chi connectivity index (χ0v) is 11.0. The van der Waals surface area contributed by atoms with Gasteiger partial charge in [-0.3, -0.25) is 10.1 Å². The fraction of sp³-hybridized carbons (Fsp3) is 0.200. The van der Waals surface area contributed by atoms with Crippen molar-refractivity contribution < 1.29 is 9.45 Å². The fourth-order valence-electron chi connectivity index (χ4n) is 1.33. The summed E-state index contributed by atoms with van der Waals surface area (Å²) in [5.74, 6) is 1.24. The van der Waals surface area contributed by atoms with Crippen LogP contribution in [0, 0.1) is 17.0 Å². The minimum atomic E-state index is -0.497. The van der Waals surface area contributed by atoms with Crippen LogP contribution < -0.4 is 5.32 Å². The van der Waals surface area contributed by atoms with Crippen LogP contribution in [-0.4, -0.2) is 15.1 Å². The molecule has 0 aliphatic rings. The number of hydrogen-bond donors (Lipinski definition) is 1. The average Bonchev–Trinajstić information content (AvgIpc) is 2.73. The molecule has 0 aromatic carbocycles. The van der Waals surface area contributed by atoms with Crippen LogP contribution in [0.25, 0.3) is 0 Å². The van der Waals surface area contributed by atoms with Gasteiger partial charge in [-0.15, -0.1) is 0 Å². The molecule has 7 nitrogen and oxygen atoms in total. The second kappa shape index (κ2) is 5.13. The van der Waals surface area contributed by atoms with Gasteiger partial charge in [0.1, 0.15) is 23.5 Å². The first-order valence-corrected chi connectivity index (χ1v) is 5.81. The number of nitro groups is 1. The second-order valence-corrected chi connectivity index (χ2v) is 4.42. The van der Waals surface area contributed by atoms with Gasteiger partial charge in [-0.25, -0.2) is 4.98 Å². The van der Waals surface area contributed by atoms with Crippen molar-refractivity contribution in [2.45, 2.75) is 13.5 Å². The summed E-state index contributed by atoms with van der Waals surface area (Å²) < 4.78 is 5.45. The molecule has 1 N–H and O–H groups in total. The summed E-state index contributed by atoms with van der Waals surface area (Å²) in [5.41, 5.74) is 0.671. The molecule has 0 saturated heterocycles. The van der Waals surface area contributed by atoms with Crippen LogP contribution in [0.1, 0.15) is 11.5 Å². The Bertz CT molecular complexity index is 584. The number of hydrogen-bond acceptors (Lipinski definition) is 6. The van der Waals surface area contributed by atoms with Crippen LogP contribution in [0.4, 0.5) is 11.5 Å². The van der Waals surface area contributed by atoms with E-state index in [9.17, 15) is 10.1 Å². The maximum absolute atomic E-state index is 10.5. The Labute approximate surface area is 110 Å². The van der Waals surface area contributed by atoms with E-state index in [0.29, 0.717) is 16.8 Å².